The summed E-state index contributed by atoms with van der Waals surface area (Å²) >= 11 is 6.11. The van der Waals surface area contributed by atoms with Gasteiger partial charge in [0.05, 0.1) is 18.1 Å². The molecule has 0 fully saturated rings. The minimum atomic E-state index is -0.0545. The number of fused-ring (bicyclic) bond motifs is 1. The lowest BCUT2D eigenvalue weighted by Gasteiger charge is -2.10. The van der Waals surface area contributed by atoms with Crippen molar-refractivity contribution in [3.63, 3.8) is 0 Å². The highest BCUT2D eigenvalue weighted by molar-refractivity contribution is 6.31. The molecule has 0 saturated carbocycles. The number of hydrogen-bond donors (Lipinski definition) is 1. The van der Waals surface area contributed by atoms with E-state index in [0.717, 1.165) is 33.7 Å². The molecule has 0 aliphatic carbocycles. The molecule has 4 aromatic rings. The van der Waals surface area contributed by atoms with E-state index >= 15 is 0 Å². The summed E-state index contributed by atoms with van der Waals surface area (Å²) in [6.07, 6.45) is 3.80. The molecule has 4 rings (SSSR count). The lowest BCUT2D eigenvalue weighted by Crippen LogP contribution is -2.24. The van der Waals surface area contributed by atoms with Crippen molar-refractivity contribution in [1.82, 2.24) is 19.9 Å². The van der Waals surface area contributed by atoms with E-state index in [1.165, 1.54) is 0 Å². The molecule has 1 N–H and O–H groups in total. The van der Waals surface area contributed by atoms with Crippen molar-refractivity contribution in [2.24, 2.45) is 0 Å². The Labute approximate surface area is 168 Å². The Morgan fingerprint density at radius 1 is 1.11 bits per heavy atom. The molecule has 0 saturated heterocycles. The van der Waals surface area contributed by atoms with Gasteiger partial charge in [0.1, 0.15) is 11.3 Å². The van der Waals surface area contributed by atoms with Crippen molar-refractivity contribution in [2.45, 2.75) is 19.9 Å². The minimum Gasteiger partial charge on any atom is -0.352 e. The van der Waals surface area contributed by atoms with Gasteiger partial charge >= 0.3 is 0 Å². The molecule has 0 aliphatic heterocycles. The summed E-state index contributed by atoms with van der Waals surface area (Å²) in [5.74, 6) is 0.852. The highest BCUT2D eigenvalue weighted by Gasteiger charge is 2.10. The van der Waals surface area contributed by atoms with Gasteiger partial charge in [0.25, 0.3) is 0 Å². The van der Waals surface area contributed by atoms with Crippen LogP contribution in [0.2, 0.25) is 5.02 Å². The Morgan fingerprint density at radius 2 is 1.89 bits per heavy atom. The van der Waals surface area contributed by atoms with Gasteiger partial charge in [0.2, 0.25) is 5.91 Å². The van der Waals surface area contributed by atoms with E-state index in [2.05, 4.69) is 19.9 Å². The molecule has 1 amide bonds. The van der Waals surface area contributed by atoms with Crippen molar-refractivity contribution in [2.75, 3.05) is 0 Å². The zero-order valence-corrected chi connectivity index (χ0v) is 16.1. The smallest absolute Gasteiger partial charge is 0.224 e. The first-order valence-corrected chi connectivity index (χ1v) is 9.38. The number of hydrogen-bond acceptors (Lipinski definition) is 3. The van der Waals surface area contributed by atoms with E-state index in [0.29, 0.717) is 11.6 Å². The van der Waals surface area contributed by atoms with Gasteiger partial charge in [-0.05, 0) is 42.3 Å². The van der Waals surface area contributed by atoms with Crippen LogP contribution in [-0.4, -0.2) is 20.4 Å². The van der Waals surface area contributed by atoms with Crippen molar-refractivity contribution in [3.05, 3.63) is 89.0 Å². The lowest BCUT2D eigenvalue weighted by atomic mass is 10.1. The van der Waals surface area contributed by atoms with Crippen LogP contribution >= 0.6 is 11.6 Å². The summed E-state index contributed by atoms with van der Waals surface area (Å²) in [6, 6.07) is 17.4. The zero-order valence-electron chi connectivity index (χ0n) is 15.4. The molecule has 0 unspecified atom stereocenters. The Morgan fingerprint density at radius 3 is 2.68 bits per heavy atom. The summed E-state index contributed by atoms with van der Waals surface area (Å²) in [7, 11) is 0. The minimum absolute atomic E-state index is 0.0545. The van der Waals surface area contributed by atoms with E-state index in [4.69, 9.17) is 11.6 Å². The van der Waals surface area contributed by atoms with Gasteiger partial charge < -0.3 is 5.32 Å². The number of pyridine rings is 1. The first kappa shape index (κ1) is 18.2. The lowest BCUT2D eigenvalue weighted by molar-refractivity contribution is -0.120. The average molecular weight is 391 g/mol. The fraction of sp³-hybridized carbons (Fsp3) is 0.136. The summed E-state index contributed by atoms with van der Waals surface area (Å²) in [4.78, 5) is 20.9. The van der Waals surface area contributed by atoms with Gasteiger partial charge in [0, 0.05) is 23.5 Å². The van der Waals surface area contributed by atoms with Crippen LogP contribution in [0.25, 0.3) is 16.7 Å². The SMILES string of the molecule is Cc1nc2cnccc2n1-c1ccc(CNC(=O)Cc2ccccc2Cl)cc1. The number of amides is 1. The third kappa shape index (κ3) is 3.75. The third-order valence-electron chi connectivity index (χ3n) is 4.62. The monoisotopic (exact) mass is 390 g/mol. The molecule has 140 valence electrons. The van der Waals surface area contributed by atoms with Crippen molar-refractivity contribution < 1.29 is 4.79 Å². The summed E-state index contributed by atoms with van der Waals surface area (Å²) in [5.41, 5.74) is 4.77. The van der Waals surface area contributed by atoms with Gasteiger partial charge in [-0.2, -0.15) is 0 Å². The number of halogens is 1. The fourth-order valence-electron chi connectivity index (χ4n) is 3.22. The molecule has 0 bridgehead atoms. The summed E-state index contributed by atoms with van der Waals surface area (Å²) in [5, 5.41) is 3.56. The van der Waals surface area contributed by atoms with E-state index in [-0.39, 0.29) is 12.3 Å². The van der Waals surface area contributed by atoms with E-state index in [1.54, 1.807) is 18.5 Å². The molecule has 0 spiro atoms. The molecule has 2 aromatic heterocycles. The van der Waals surface area contributed by atoms with Gasteiger partial charge in [-0.15, -0.1) is 0 Å². The van der Waals surface area contributed by atoms with Crippen LogP contribution in [-0.2, 0) is 17.8 Å². The topological polar surface area (TPSA) is 59.8 Å². The van der Waals surface area contributed by atoms with Crippen molar-refractivity contribution >= 4 is 28.5 Å². The van der Waals surface area contributed by atoms with Crippen molar-refractivity contribution in [1.29, 1.82) is 0 Å². The van der Waals surface area contributed by atoms with Crippen LogP contribution in [0, 0.1) is 6.92 Å². The number of nitrogens with zero attached hydrogens (tertiary/aromatic N) is 3. The molecular formula is C22H19ClN4O. The second-order valence-electron chi connectivity index (χ2n) is 6.57. The summed E-state index contributed by atoms with van der Waals surface area (Å²) in [6.45, 7) is 2.44. The molecule has 2 heterocycles. The third-order valence-corrected chi connectivity index (χ3v) is 4.99. The normalized spacial score (nSPS) is 10.9. The Kier molecular flexibility index (Phi) is 5.08. The van der Waals surface area contributed by atoms with Gasteiger partial charge in [0.15, 0.2) is 0 Å². The summed E-state index contributed by atoms with van der Waals surface area (Å²) < 4.78 is 2.09. The van der Waals surface area contributed by atoms with Crippen LogP contribution < -0.4 is 5.32 Å². The van der Waals surface area contributed by atoms with E-state index in [1.807, 2.05) is 55.5 Å². The van der Waals surface area contributed by atoms with Crippen LogP contribution in [0.15, 0.2) is 67.0 Å². The molecule has 0 radical (unpaired) electrons. The Hall–Kier alpha value is -3.18. The average Bonchev–Trinajstić information content (AvgIpc) is 3.04. The van der Waals surface area contributed by atoms with Gasteiger partial charge in [-0.3, -0.25) is 14.3 Å². The number of nitrogens with one attached hydrogen (secondary N) is 1. The number of carbonyl (C=O) groups is 1. The Balaban J connectivity index is 1.44. The van der Waals surface area contributed by atoms with Crippen LogP contribution in [0.4, 0.5) is 0 Å². The zero-order chi connectivity index (χ0) is 19.5. The Bertz CT molecular complexity index is 1130. The molecule has 28 heavy (non-hydrogen) atoms. The van der Waals surface area contributed by atoms with Gasteiger partial charge in [-0.1, -0.05) is 41.9 Å². The molecule has 0 atom stereocenters. The molecule has 2 aromatic carbocycles. The first-order valence-electron chi connectivity index (χ1n) is 9.00. The fourth-order valence-corrected chi connectivity index (χ4v) is 3.42. The predicted octanol–water partition coefficient (Wildman–Crippen LogP) is 4.24. The number of benzene rings is 2. The van der Waals surface area contributed by atoms with Crippen LogP contribution in [0.5, 0.6) is 0 Å². The molecule has 6 heteroatoms. The number of aromatic nitrogens is 3. The quantitative estimate of drug-likeness (QED) is 0.554. The molecule has 5 nitrogen and oxygen atoms in total. The van der Waals surface area contributed by atoms with Crippen LogP contribution in [0.3, 0.4) is 0 Å². The predicted molar refractivity (Wildman–Crippen MR) is 111 cm³/mol. The highest BCUT2D eigenvalue weighted by Crippen LogP contribution is 2.21. The second kappa shape index (κ2) is 7.82. The van der Waals surface area contributed by atoms with Crippen molar-refractivity contribution in [3.8, 4) is 5.69 Å². The maximum atomic E-state index is 12.2. The van der Waals surface area contributed by atoms with E-state index < -0.39 is 0 Å². The first-order chi connectivity index (χ1) is 13.6. The maximum absolute atomic E-state index is 12.2. The standard InChI is InChI=1S/C22H19ClN4O/c1-15-26-20-14-24-11-10-21(20)27(15)18-8-6-16(7-9-18)13-25-22(28)12-17-4-2-3-5-19(17)23/h2-11,14H,12-13H2,1H3,(H,25,28). The van der Waals surface area contributed by atoms with E-state index in [9.17, 15) is 4.79 Å². The number of rotatable bonds is 5. The highest BCUT2D eigenvalue weighted by atomic mass is 35.5. The van der Waals surface area contributed by atoms with Gasteiger partial charge in [-0.25, -0.2) is 4.98 Å². The number of aryl methyl sites for hydroxylation is 1. The number of carbonyl (C=O) groups excluding carboxylic acids is 1. The largest absolute Gasteiger partial charge is 0.352 e. The molecular weight excluding hydrogens is 372 g/mol. The second-order valence-corrected chi connectivity index (χ2v) is 6.98. The number of imidazole rings is 1. The van der Waals surface area contributed by atoms with Crippen LogP contribution in [0.1, 0.15) is 17.0 Å². The maximum Gasteiger partial charge on any atom is 0.224 e. The molecule has 0 aliphatic rings.